The number of hydrogen-bond donors (Lipinski definition) is 1. The van der Waals surface area contributed by atoms with Crippen LogP contribution in [0.5, 0.6) is 0 Å². The molecule has 84 valence electrons. The number of fused-ring (bicyclic) bond motifs is 1. The van der Waals surface area contributed by atoms with Gasteiger partial charge in [0.15, 0.2) is 9.84 Å². The number of nitrogens with two attached hydrogens (primary N) is 1. The van der Waals surface area contributed by atoms with Gasteiger partial charge in [0.05, 0.1) is 5.10 Å². The summed E-state index contributed by atoms with van der Waals surface area (Å²) in [5, 5.41) is 14.8. The molecule has 0 fully saturated rings. The standard InChI is InChI=1S/C8H8N4O3S/c1-16(14,15)6-4-2-3-5-7(6)12(13)11-8(9)10-5/h2-4H,1H3,(H2,9,10,11). The second-order valence-electron chi connectivity index (χ2n) is 3.24. The number of aromatic nitrogens is 3. The molecule has 0 saturated heterocycles. The zero-order valence-electron chi connectivity index (χ0n) is 8.28. The Kier molecular flexibility index (Phi) is 2.16. The molecule has 0 aliphatic rings. The first-order chi connectivity index (χ1) is 7.39. The second-order valence-corrected chi connectivity index (χ2v) is 5.22. The van der Waals surface area contributed by atoms with Crippen molar-refractivity contribution in [1.82, 2.24) is 10.1 Å². The molecule has 0 amide bonds. The Labute approximate surface area is 91.0 Å². The van der Waals surface area contributed by atoms with Crippen LogP contribution < -0.4 is 10.6 Å². The van der Waals surface area contributed by atoms with E-state index in [0.717, 1.165) is 6.26 Å². The molecule has 0 unspecified atom stereocenters. The fourth-order valence-electron chi connectivity index (χ4n) is 1.38. The third-order valence-corrected chi connectivity index (χ3v) is 3.13. The molecule has 0 saturated carbocycles. The Morgan fingerprint density at radius 2 is 2.12 bits per heavy atom. The first kappa shape index (κ1) is 10.6. The van der Waals surface area contributed by atoms with Gasteiger partial charge in [0.25, 0.3) is 11.5 Å². The largest absolute Gasteiger partial charge is 0.594 e. The van der Waals surface area contributed by atoms with E-state index in [9.17, 15) is 13.6 Å². The summed E-state index contributed by atoms with van der Waals surface area (Å²) in [6.45, 7) is 0. The Morgan fingerprint density at radius 1 is 1.44 bits per heavy atom. The molecule has 2 rings (SSSR count). The van der Waals surface area contributed by atoms with Crippen LogP contribution >= 0.6 is 0 Å². The number of benzene rings is 1. The van der Waals surface area contributed by atoms with Crippen molar-refractivity contribution in [2.45, 2.75) is 4.90 Å². The Hall–Kier alpha value is -1.96. The summed E-state index contributed by atoms with van der Waals surface area (Å²) in [6.07, 6.45) is 1.01. The summed E-state index contributed by atoms with van der Waals surface area (Å²) in [4.78, 5) is 3.86. The third kappa shape index (κ3) is 1.63. The molecule has 7 nitrogen and oxygen atoms in total. The zero-order valence-corrected chi connectivity index (χ0v) is 9.10. The van der Waals surface area contributed by atoms with Gasteiger partial charge < -0.3 is 10.9 Å². The van der Waals surface area contributed by atoms with Gasteiger partial charge in [-0.05, 0) is 17.0 Å². The van der Waals surface area contributed by atoms with Gasteiger partial charge in [0.1, 0.15) is 10.4 Å². The van der Waals surface area contributed by atoms with E-state index in [1.54, 1.807) is 0 Å². The SMILES string of the molecule is CS(=O)(=O)c1cccc2nc(N)n[n+]([O-])c12. The van der Waals surface area contributed by atoms with Gasteiger partial charge in [-0.2, -0.15) is 0 Å². The summed E-state index contributed by atoms with van der Waals surface area (Å²) in [7, 11) is -3.51. The summed E-state index contributed by atoms with van der Waals surface area (Å²) in [6, 6.07) is 4.31. The molecule has 1 heterocycles. The van der Waals surface area contributed by atoms with Crippen molar-refractivity contribution < 1.29 is 13.3 Å². The maximum Gasteiger partial charge on any atom is 0.289 e. The van der Waals surface area contributed by atoms with E-state index in [2.05, 4.69) is 10.1 Å². The normalized spacial score (nSPS) is 11.8. The molecular weight excluding hydrogens is 232 g/mol. The molecule has 1 aromatic heterocycles. The maximum absolute atomic E-state index is 11.5. The number of sulfone groups is 1. The number of para-hydroxylation sites is 1. The molecule has 0 aliphatic carbocycles. The minimum absolute atomic E-state index is 0.0980. The highest BCUT2D eigenvalue weighted by atomic mass is 32.2. The van der Waals surface area contributed by atoms with E-state index < -0.39 is 9.84 Å². The predicted octanol–water partition coefficient (Wildman–Crippen LogP) is -0.751. The van der Waals surface area contributed by atoms with Crippen molar-refractivity contribution in [3.8, 4) is 0 Å². The van der Waals surface area contributed by atoms with Gasteiger partial charge in [-0.25, -0.2) is 13.4 Å². The molecular formula is C8H8N4O3S. The van der Waals surface area contributed by atoms with Gasteiger partial charge in [0, 0.05) is 6.26 Å². The number of hydrogen-bond acceptors (Lipinski definition) is 6. The van der Waals surface area contributed by atoms with Crippen LogP contribution in [0.25, 0.3) is 11.0 Å². The molecule has 2 N–H and O–H groups in total. The van der Waals surface area contributed by atoms with Gasteiger partial charge in [-0.1, -0.05) is 6.07 Å². The van der Waals surface area contributed by atoms with Crippen LogP contribution in [0.15, 0.2) is 23.1 Å². The topological polar surface area (TPSA) is 113 Å². The van der Waals surface area contributed by atoms with Gasteiger partial charge in [-0.15, -0.1) is 0 Å². The van der Waals surface area contributed by atoms with Crippen molar-refractivity contribution in [2.75, 3.05) is 12.0 Å². The Bertz CT molecular complexity index is 668. The molecule has 0 atom stereocenters. The quantitative estimate of drug-likeness (QED) is 0.518. The van der Waals surface area contributed by atoms with Crippen molar-refractivity contribution in [2.24, 2.45) is 0 Å². The lowest BCUT2D eigenvalue weighted by Gasteiger charge is -2.03. The van der Waals surface area contributed by atoms with E-state index in [0.29, 0.717) is 0 Å². The van der Waals surface area contributed by atoms with Crippen LogP contribution in [0.1, 0.15) is 0 Å². The van der Waals surface area contributed by atoms with Gasteiger partial charge >= 0.3 is 0 Å². The number of nitrogen functional groups attached to an aromatic ring is 1. The highest BCUT2D eigenvalue weighted by Crippen LogP contribution is 2.17. The Morgan fingerprint density at radius 3 is 2.75 bits per heavy atom. The average Bonchev–Trinajstić information content (AvgIpc) is 2.14. The van der Waals surface area contributed by atoms with Crippen molar-refractivity contribution in [1.29, 1.82) is 0 Å². The van der Waals surface area contributed by atoms with Crippen LogP contribution in [0, 0.1) is 5.21 Å². The minimum atomic E-state index is -3.51. The average molecular weight is 240 g/mol. The first-order valence-corrected chi connectivity index (χ1v) is 6.15. The third-order valence-electron chi connectivity index (χ3n) is 2.00. The van der Waals surface area contributed by atoms with Crippen molar-refractivity contribution in [3.63, 3.8) is 0 Å². The highest BCUT2D eigenvalue weighted by Gasteiger charge is 2.21. The number of nitrogens with zero attached hydrogens (tertiary/aromatic N) is 3. The molecule has 16 heavy (non-hydrogen) atoms. The lowest BCUT2D eigenvalue weighted by molar-refractivity contribution is -0.642. The van der Waals surface area contributed by atoms with Crippen LogP contribution in [0.4, 0.5) is 5.95 Å². The highest BCUT2D eigenvalue weighted by molar-refractivity contribution is 7.91. The summed E-state index contributed by atoms with van der Waals surface area (Å²) < 4.78 is 22.9. The zero-order chi connectivity index (χ0) is 11.9. The fourth-order valence-corrected chi connectivity index (χ4v) is 2.24. The summed E-state index contributed by atoms with van der Waals surface area (Å²) in [5.41, 5.74) is 5.39. The Balaban J connectivity index is 2.99. The summed E-state index contributed by atoms with van der Waals surface area (Å²) >= 11 is 0. The molecule has 0 bridgehead atoms. The molecule has 8 heteroatoms. The maximum atomic E-state index is 11.5. The second kappa shape index (κ2) is 3.27. The monoisotopic (exact) mass is 240 g/mol. The summed E-state index contributed by atoms with van der Waals surface area (Å²) in [5.74, 6) is -0.201. The smallest absolute Gasteiger partial charge is 0.289 e. The number of rotatable bonds is 1. The fraction of sp³-hybridized carbons (Fsp3) is 0.125. The van der Waals surface area contributed by atoms with Crippen molar-refractivity contribution >= 4 is 26.8 Å². The van der Waals surface area contributed by atoms with E-state index in [1.165, 1.54) is 18.2 Å². The molecule has 2 aromatic rings. The van der Waals surface area contributed by atoms with E-state index >= 15 is 0 Å². The van der Waals surface area contributed by atoms with E-state index in [-0.39, 0.29) is 26.7 Å². The predicted molar refractivity (Wildman–Crippen MR) is 56.0 cm³/mol. The van der Waals surface area contributed by atoms with Crippen LogP contribution in [-0.4, -0.2) is 24.8 Å². The van der Waals surface area contributed by atoms with Gasteiger partial charge in [0.2, 0.25) is 0 Å². The van der Waals surface area contributed by atoms with Gasteiger partial charge in [-0.3, -0.25) is 0 Å². The van der Waals surface area contributed by atoms with Crippen LogP contribution in [-0.2, 0) is 9.84 Å². The van der Waals surface area contributed by atoms with Crippen LogP contribution in [0.3, 0.4) is 0 Å². The first-order valence-electron chi connectivity index (χ1n) is 4.26. The molecule has 0 radical (unpaired) electrons. The lowest BCUT2D eigenvalue weighted by atomic mass is 10.3. The number of anilines is 1. The molecule has 0 spiro atoms. The molecule has 1 aromatic carbocycles. The molecule has 0 aliphatic heterocycles. The van der Waals surface area contributed by atoms with E-state index in [4.69, 9.17) is 5.73 Å². The van der Waals surface area contributed by atoms with E-state index in [1.807, 2.05) is 0 Å². The van der Waals surface area contributed by atoms with Crippen molar-refractivity contribution in [3.05, 3.63) is 23.4 Å². The lowest BCUT2D eigenvalue weighted by Crippen LogP contribution is -2.34. The van der Waals surface area contributed by atoms with Crippen LogP contribution in [0.2, 0.25) is 0 Å². The minimum Gasteiger partial charge on any atom is -0.594 e.